The smallest absolute Gasteiger partial charge is 0.161 e. The zero-order chi connectivity index (χ0) is 32.1. The lowest BCUT2D eigenvalue weighted by Crippen LogP contribution is -2.33. The average Bonchev–Trinajstić information content (AvgIpc) is 3.69. The minimum Gasteiger partial charge on any atom is -0.455 e. The van der Waals surface area contributed by atoms with Crippen LogP contribution in [0.3, 0.4) is 0 Å². The molecule has 0 radical (unpaired) electrons. The van der Waals surface area contributed by atoms with Crippen LogP contribution >= 0.6 is 0 Å². The molecule has 0 fully saturated rings. The van der Waals surface area contributed by atoms with Gasteiger partial charge >= 0.3 is 0 Å². The highest BCUT2D eigenvalue weighted by Crippen LogP contribution is 2.61. The number of allylic oxidation sites excluding steroid dienone is 1. The molecule has 3 aliphatic carbocycles. The maximum Gasteiger partial charge on any atom is 0.161 e. The Labute approximate surface area is 284 Å². The molecule has 8 aromatic rings. The van der Waals surface area contributed by atoms with Gasteiger partial charge in [-0.15, -0.1) is 0 Å². The molecule has 0 N–H and O–H groups in total. The molecular weight excluding hydrogens is 597 g/mol. The molecule has 2 heterocycles. The van der Waals surface area contributed by atoms with Crippen molar-refractivity contribution in [3.63, 3.8) is 0 Å². The van der Waals surface area contributed by atoms with Gasteiger partial charge in [-0.3, -0.25) is 0 Å². The molecule has 0 saturated heterocycles. The molecule has 0 amide bonds. The summed E-state index contributed by atoms with van der Waals surface area (Å²) >= 11 is 0. The van der Waals surface area contributed by atoms with Crippen LogP contribution in [0.2, 0.25) is 0 Å². The van der Waals surface area contributed by atoms with Crippen LogP contribution in [0.15, 0.2) is 144 Å². The second-order valence-corrected chi connectivity index (χ2v) is 13.5. The minimum atomic E-state index is -0.373. The Morgan fingerprint density at radius 2 is 1.29 bits per heavy atom. The highest BCUT2D eigenvalue weighted by Gasteiger charge is 2.49. The summed E-state index contributed by atoms with van der Waals surface area (Å²) in [6.07, 6.45) is 7.21. The predicted octanol–water partition coefficient (Wildman–Crippen LogP) is 11.2. The van der Waals surface area contributed by atoms with E-state index in [1.807, 2.05) is 0 Å². The predicted molar refractivity (Wildman–Crippen MR) is 198 cm³/mol. The fourth-order valence-corrected chi connectivity index (χ4v) is 9.07. The van der Waals surface area contributed by atoms with E-state index in [2.05, 4.69) is 146 Å². The third kappa shape index (κ3) is 3.62. The summed E-state index contributed by atoms with van der Waals surface area (Å²) in [5.41, 5.74) is 17.3. The van der Waals surface area contributed by atoms with Crippen molar-refractivity contribution in [3.05, 3.63) is 173 Å². The molecular formula is C46H30N2O. The van der Waals surface area contributed by atoms with E-state index in [0.29, 0.717) is 0 Å². The van der Waals surface area contributed by atoms with Crippen molar-refractivity contribution in [2.45, 2.75) is 24.7 Å². The van der Waals surface area contributed by atoms with Gasteiger partial charge in [0.05, 0.1) is 16.8 Å². The van der Waals surface area contributed by atoms with Crippen LogP contribution in [0.5, 0.6) is 0 Å². The number of benzene rings is 6. The molecule has 0 aliphatic heterocycles. The summed E-state index contributed by atoms with van der Waals surface area (Å²) in [7, 11) is 0. The maximum absolute atomic E-state index is 6.65. The number of para-hydroxylation sites is 1. The van der Waals surface area contributed by atoms with E-state index in [1.165, 1.54) is 55.5 Å². The van der Waals surface area contributed by atoms with Crippen LogP contribution in [-0.2, 0) is 18.3 Å². The standard InChI is InChI=1S/C46H30N2O/c1-2-13-28(14-3-1)43-34-18-6-10-23-39(34)47-45(48-43)35-19-12-22-38-42(35)33-17-5-9-21-37(33)46(38)27-29-25-26-31-30-15-7-11-24-40(30)49-44(31)41(29)32-16-4-8-20-36(32)46/h1-5,7-17,19-26H,6,18,27H2. The Balaban J connectivity index is 1.19. The van der Waals surface area contributed by atoms with E-state index in [0.717, 1.165) is 64.2 Å². The van der Waals surface area contributed by atoms with Crippen LogP contribution < -0.4 is 0 Å². The lowest BCUT2D eigenvalue weighted by molar-refractivity contribution is 0.618. The molecule has 11 rings (SSSR count). The van der Waals surface area contributed by atoms with Crippen LogP contribution in [0.25, 0.3) is 72.9 Å². The van der Waals surface area contributed by atoms with Gasteiger partial charge in [-0.05, 0) is 70.3 Å². The molecule has 0 bridgehead atoms. The van der Waals surface area contributed by atoms with E-state index >= 15 is 0 Å². The van der Waals surface area contributed by atoms with Gasteiger partial charge in [0, 0.05) is 33.0 Å². The van der Waals surface area contributed by atoms with Crippen molar-refractivity contribution in [1.82, 2.24) is 9.97 Å². The third-order valence-corrected chi connectivity index (χ3v) is 11.1. The molecule has 1 unspecified atom stereocenters. The Hall–Kier alpha value is -6.06. The van der Waals surface area contributed by atoms with E-state index in [-0.39, 0.29) is 5.41 Å². The summed E-state index contributed by atoms with van der Waals surface area (Å²) in [5.74, 6) is 0.779. The fourth-order valence-electron chi connectivity index (χ4n) is 9.07. The highest BCUT2D eigenvalue weighted by atomic mass is 16.3. The van der Waals surface area contributed by atoms with Gasteiger partial charge in [0.2, 0.25) is 0 Å². The van der Waals surface area contributed by atoms with E-state index in [1.54, 1.807) is 0 Å². The zero-order valence-corrected chi connectivity index (χ0v) is 26.8. The first-order valence-electron chi connectivity index (χ1n) is 17.2. The summed E-state index contributed by atoms with van der Waals surface area (Å²) < 4.78 is 6.65. The average molecular weight is 627 g/mol. The number of aromatic nitrogens is 2. The first kappa shape index (κ1) is 26.9. The molecule has 3 heteroatoms. The van der Waals surface area contributed by atoms with Gasteiger partial charge in [-0.1, -0.05) is 133 Å². The van der Waals surface area contributed by atoms with E-state index in [4.69, 9.17) is 14.4 Å². The van der Waals surface area contributed by atoms with Crippen molar-refractivity contribution in [3.8, 4) is 44.9 Å². The van der Waals surface area contributed by atoms with Crippen molar-refractivity contribution in [2.75, 3.05) is 0 Å². The number of nitrogens with zero attached hydrogens (tertiary/aromatic N) is 2. The molecule has 230 valence electrons. The monoisotopic (exact) mass is 626 g/mol. The van der Waals surface area contributed by atoms with Gasteiger partial charge in [0.15, 0.2) is 5.82 Å². The number of fused-ring (bicyclic) bond motifs is 14. The van der Waals surface area contributed by atoms with Gasteiger partial charge in [0.1, 0.15) is 11.2 Å². The van der Waals surface area contributed by atoms with Crippen molar-refractivity contribution in [2.24, 2.45) is 0 Å². The molecule has 3 nitrogen and oxygen atoms in total. The van der Waals surface area contributed by atoms with Crippen LogP contribution in [0, 0.1) is 0 Å². The number of rotatable bonds is 2. The molecule has 1 atom stereocenters. The summed E-state index contributed by atoms with van der Waals surface area (Å²) in [6.45, 7) is 0. The Morgan fingerprint density at radius 1 is 0.571 bits per heavy atom. The van der Waals surface area contributed by atoms with Crippen LogP contribution in [-0.4, -0.2) is 9.97 Å². The highest BCUT2D eigenvalue weighted by molar-refractivity contribution is 6.11. The molecule has 0 saturated carbocycles. The molecule has 2 aromatic heterocycles. The number of furan rings is 1. The third-order valence-electron chi connectivity index (χ3n) is 11.1. The number of hydrogen-bond acceptors (Lipinski definition) is 3. The Kier molecular flexibility index (Phi) is 5.49. The SMILES string of the molecule is C1=Cc2nc(-c3cccc4c3-c3ccccc3C43Cc4ccc5c(oc6ccccc65)c4-c4ccccc43)nc(-c3ccccc3)c2CC1. The van der Waals surface area contributed by atoms with Gasteiger partial charge < -0.3 is 4.42 Å². The normalized spacial score (nSPS) is 16.7. The molecule has 6 aromatic carbocycles. The summed E-state index contributed by atoms with van der Waals surface area (Å²) in [4.78, 5) is 10.7. The zero-order valence-electron chi connectivity index (χ0n) is 26.8. The second-order valence-electron chi connectivity index (χ2n) is 13.5. The van der Waals surface area contributed by atoms with Crippen molar-refractivity contribution < 1.29 is 4.42 Å². The first-order chi connectivity index (χ1) is 24.3. The van der Waals surface area contributed by atoms with E-state index < -0.39 is 0 Å². The second kappa shape index (κ2) is 9.98. The van der Waals surface area contributed by atoms with Gasteiger partial charge in [-0.2, -0.15) is 0 Å². The van der Waals surface area contributed by atoms with Crippen molar-refractivity contribution >= 4 is 28.0 Å². The fraction of sp³-hybridized carbons (Fsp3) is 0.0870. The maximum atomic E-state index is 6.65. The van der Waals surface area contributed by atoms with Crippen molar-refractivity contribution in [1.29, 1.82) is 0 Å². The Bertz CT molecular complexity index is 2700. The topological polar surface area (TPSA) is 38.9 Å². The molecule has 3 aliphatic rings. The Morgan fingerprint density at radius 3 is 2.14 bits per heavy atom. The van der Waals surface area contributed by atoms with Gasteiger partial charge in [0.25, 0.3) is 0 Å². The van der Waals surface area contributed by atoms with E-state index in [9.17, 15) is 0 Å². The molecule has 49 heavy (non-hydrogen) atoms. The summed E-state index contributed by atoms with van der Waals surface area (Å²) in [6, 6.07) is 48.3. The number of hydrogen-bond donors (Lipinski definition) is 0. The first-order valence-corrected chi connectivity index (χ1v) is 17.2. The lowest BCUT2D eigenvalue weighted by atomic mass is 9.62. The largest absolute Gasteiger partial charge is 0.455 e. The van der Waals surface area contributed by atoms with Gasteiger partial charge in [-0.25, -0.2) is 9.97 Å². The minimum absolute atomic E-state index is 0.373. The summed E-state index contributed by atoms with van der Waals surface area (Å²) in [5, 5.41) is 2.33. The quantitative estimate of drug-likeness (QED) is 0.192. The lowest BCUT2D eigenvalue weighted by Gasteiger charge is -2.39. The van der Waals surface area contributed by atoms with Crippen LogP contribution in [0.1, 0.15) is 39.9 Å². The molecule has 1 spiro atoms. The van der Waals surface area contributed by atoms with Crippen LogP contribution in [0.4, 0.5) is 0 Å².